The zero-order valence-electron chi connectivity index (χ0n) is 17.7. The minimum Gasteiger partial charge on any atom is -0.457 e. The van der Waals surface area contributed by atoms with Crippen LogP contribution in [0.15, 0.2) is 11.6 Å². The molecular weight excluding hydrogens is 408 g/mol. The summed E-state index contributed by atoms with van der Waals surface area (Å²) in [6.45, 7) is 3.58. The summed E-state index contributed by atoms with van der Waals surface area (Å²) in [7, 11) is 0. The molecule has 6 nitrogen and oxygen atoms in total. The van der Waals surface area contributed by atoms with E-state index in [2.05, 4.69) is 6.92 Å². The van der Waals surface area contributed by atoms with Gasteiger partial charge in [-0.15, -0.1) is 11.6 Å². The molecule has 30 heavy (non-hydrogen) atoms. The average molecular weight is 439 g/mol. The maximum Gasteiger partial charge on any atom is 0.321 e. The first-order valence-electron chi connectivity index (χ1n) is 11.0. The van der Waals surface area contributed by atoms with Crippen LogP contribution in [-0.2, 0) is 19.1 Å². The van der Waals surface area contributed by atoms with E-state index in [0.29, 0.717) is 25.7 Å². The molecule has 0 bridgehead atoms. The van der Waals surface area contributed by atoms with Crippen molar-refractivity contribution in [3.63, 3.8) is 0 Å². The number of rotatable bonds is 4. The summed E-state index contributed by atoms with van der Waals surface area (Å²) < 4.78 is 4.90. The van der Waals surface area contributed by atoms with Gasteiger partial charge in [0.25, 0.3) is 0 Å². The Hall–Kier alpha value is -1.24. The second-order valence-corrected chi connectivity index (χ2v) is 10.5. The number of allylic oxidation sites excluding steroid dienone is 1. The fourth-order valence-corrected chi connectivity index (χ4v) is 7.53. The molecule has 0 radical (unpaired) electrons. The topological polar surface area (TPSA) is 101 Å². The van der Waals surface area contributed by atoms with Crippen LogP contribution in [0.25, 0.3) is 0 Å². The standard InChI is InChI=1S/C23H31ClO6/c1-21-7-5-14(25)9-13(21)3-4-15-16-6-8-23(29,18(27)12-30-19(28)11-24)22(16,2)10-17(26)20(15)21/h9,15-17,20,26,29H,3-8,10-12H2,1-2H3/t15?,16?,17?,20?,21?,22?,23-/m1/s1. The van der Waals surface area contributed by atoms with Crippen molar-refractivity contribution in [3.8, 4) is 0 Å². The third-order valence-electron chi connectivity index (χ3n) is 8.98. The molecule has 0 aromatic carbocycles. The number of ketones is 2. The predicted molar refractivity (Wildman–Crippen MR) is 110 cm³/mol. The molecule has 0 aromatic rings. The van der Waals surface area contributed by atoms with E-state index in [0.717, 1.165) is 24.8 Å². The van der Waals surface area contributed by atoms with E-state index in [9.17, 15) is 24.6 Å². The lowest BCUT2D eigenvalue weighted by Crippen LogP contribution is -2.62. The summed E-state index contributed by atoms with van der Waals surface area (Å²) in [4.78, 5) is 36.3. The normalized spacial score (nSPS) is 45.1. The molecule has 0 heterocycles. The quantitative estimate of drug-likeness (QED) is 0.516. The summed E-state index contributed by atoms with van der Waals surface area (Å²) in [6, 6.07) is 0. The molecule has 0 saturated heterocycles. The lowest BCUT2D eigenvalue weighted by molar-refractivity contribution is -0.184. The first kappa shape index (κ1) is 22.0. The number of hydrogen-bond acceptors (Lipinski definition) is 6. The monoisotopic (exact) mass is 438 g/mol. The number of aliphatic hydroxyl groups excluding tert-OH is 1. The van der Waals surface area contributed by atoms with Gasteiger partial charge in [0.1, 0.15) is 11.5 Å². The Balaban J connectivity index is 1.62. The molecule has 166 valence electrons. The number of hydrogen-bond donors (Lipinski definition) is 2. The van der Waals surface area contributed by atoms with Crippen LogP contribution in [0.4, 0.5) is 0 Å². The van der Waals surface area contributed by atoms with E-state index >= 15 is 0 Å². The fraction of sp³-hybridized carbons (Fsp3) is 0.783. The highest BCUT2D eigenvalue weighted by Crippen LogP contribution is 2.67. The highest BCUT2D eigenvalue weighted by molar-refractivity contribution is 6.26. The molecule has 0 spiro atoms. The maximum absolute atomic E-state index is 12.9. The largest absolute Gasteiger partial charge is 0.457 e. The van der Waals surface area contributed by atoms with Crippen molar-refractivity contribution in [1.82, 2.24) is 0 Å². The van der Waals surface area contributed by atoms with Gasteiger partial charge in [0.15, 0.2) is 12.4 Å². The van der Waals surface area contributed by atoms with Gasteiger partial charge in [-0.1, -0.05) is 19.4 Å². The van der Waals surface area contributed by atoms with Crippen molar-refractivity contribution in [2.45, 2.75) is 70.5 Å². The van der Waals surface area contributed by atoms with E-state index < -0.39 is 35.5 Å². The number of aliphatic hydroxyl groups is 2. The molecule has 0 aliphatic heterocycles. The van der Waals surface area contributed by atoms with Gasteiger partial charge in [-0.25, -0.2) is 0 Å². The lowest BCUT2D eigenvalue weighted by atomic mass is 9.45. The zero-order chi connectivity index (χ0) is 21.9. The molecule has 6 unspecified atom stereocenters. The van der Waals surface area contributed by atoms with Crippen LogP contribution in [0.2, 0.25) is 0 Å². The van der Waals surface area contributed by atoms with Gasteiger partial charge in [-0.2, -0.15) is 0 Å². The zero-order valence-corrected chi connectivity index (χ0v) is 18.4. The fourth-order valence-electron chi connectivity index (χ4n) is 7.45. The number of esters is 1. The number of halogens is 1. The Kier molecular flexibility index (Phi) is 5.43. The minimum atomic E-state index is -1.63. The van der Waals surface area contributed by atoms with Gasteiger partial charge in [0, 0.05) is 11.8 Å². The van der Waals surface area contributed by atoms with Crippen LogP contribution >= 0.6 is 11.6 Å². The first-order valence-corrected chi connectivity index (χ1v) is 11.5. The van der Waals surface area contributed by atoms with Gasteiger partial charge in [0.2, 0.25) is 5.78 Å². The molecule has 4 aliphatic rings. The third-order valence-corrected chi connectivity index (χ3v) is 9.20. The van der Waals surface area contributed by atoms with Gasteiger partial charge >= 0.3 is 5.97 Å². The SMILES string of the molecule is CC12CCC(=O)C=C1CCC1C2C(O)CC2(C)C1CC[C@@]2(O)C(=O)COC(=O)CCl. The van der Waals surface area contributed by atoms with Gasteiger partial charge in [-0.05, 0) is 67.8 Å². The van der Waals surface area contributed by atoms with Crippen LogP contribution < -0.4 is 0 Å². The van der Waals surface area contributed by atoms with Crippen molar-refractivity contribution in [2.24, 2.45) is 28.6 Å². The first-order chi connectivity index (χ1) is 14.1. The molecule has 4 aliphatic carbocycles. The van der Waals surface area contributed by atoms with Crippen LogP contribution in [0.3, 0.4) is 0 Å². The van der Waals surface area contributed by atoms with E-state index in [1.807, 2.05) is 6.92 Å². The summed E-state index contributed by atoms with van der Waals surface area (Å²) in [5.41, 5.74) is -1.46. The molecule has 4 rings (SSSR count). The lowest BCUT2D eigenvalue weighted by Gasteiger charge is -2.60. The van der Waals surface area contributed by atoms with E-state index in [-0.39, 0.29) is 34.8 Å². The maximum atomic E-state index is 12.9. The van der Waals surface area contributed by atoms with E-state index in [1.165, 1.54) is 0 Å². The second kappa shape index (κ2) is 7.42. The van der Waals surface area contributed by atoms with Crippen molar-refractivity contribution in [1.29, 1.82) is 0 Å². The van der Waals surface area contributed by atoms with Crippen LogP contribution in [0.5, 0.6) is 0 Å². The Morgan fingerprint density at radius 1 is 1.23 bits per heavy atom. The molecule has 3 fully saturated rings. The molecular formula is C23H31ClO6. The number of alkyl halides is 1. The number of Topliss-reactive ketones (excluding diaryl/α,β-unsaturated/α-hetero) is 1. The summed E-state index contributed by atoms with van der Waals surface area (Å²) in [6.07, 6.45) is 5.37. The van der Waals surface area contributed by atoms with Crippen LogP contribution in [0, 0.1) is 28.6 Å². The van der Waals surface area contributed by atoms with Crippen molar-refractivity contribution in [2.75, 3.05) is 12.5 Å². The number of ether oxygens (including phenoxy) is 1. The van der Waals surface area contributed by atoms with Gasteiger partial charge in [-0.3, -0.25) is 14.4 Å². The molecule has 3 saturated carbocycles. The summed E-state index contributed by atoms with van der Waals surface area (Å²) >= 11 is 5.43. The molecule has 0 aromatic heterocycles. The Labute approximate surface area is 182 Å². The summed E-state index contributed by atoms with van der Waals surface area (Å²) in [5, 5.41) is 22.8. The van der Waals surface area contributed by atoms with Gasteiger partial charge in [0.05, 0.1) is 6.10 Å². The van der Waals surface area contributed by atoms with Crippen molar-refractivity contribution in [3.05, 3.63) is 11.6 Å². The molecule has 2 N–H and O–H groups in total. The third kappa shape index (κ3) is 3.01. The van der Waals surface area contributed by atoms with Gasteiger partial charge < -0.3 is 14.9 Å². The van der Waals surface area contributed by atoms with Crippen molar-refractivity contribution < 1.29 is 29.3 Å². The Bertz CT molecular complexity index is 808. The molecule has 0 amide bonds. The highest BCUT2D eigenvalue weighted by atomic mass is 35.5. The molecule has 7 heteroatoms. The average Bonchev–Trinajstić information content (AvgIpc) is 2.97. The smallest absolute Gasteiger partial charge is 0.321 e. The highest BCUT2D eigenvalue weighted by Gasteiger charge is 2.68. The number of carbonyl (C=O) groups is 3. The molecule has 7 atom stereocenters. The predicted octanol–water partition coefficient (Wildman–Crippen LogP) is 2.57. The Morgan fingerprint density at radius 2 is 1.97 bits per heavy atom. The van der Waals surface area contributed by atoms with Crippen LogP contribution in [-0.4, -0.2) is 51.9 Å². The van der Waals surface area contributed by atoms with Crippen molar-refractivity contribution >= 4 is 29.1 Å². The summed E-state index contributed by atoms with van der Waals surface area (Å²) in [5.74, 6) is -1.07. The van der Waals surface area contributed by atoms with E-state index in [4.69, 9.17) is 16.3 Å². The Morgan fingerprint density at radius 3 is 2.67 bits per heavy atom. The van der Waals surface area contributed by atoms with E-state index in [1.54, 1.807) is 6.08 Å². The van der Waals surface area contributed by atoms with Crippen LogP contribution in [0.1, 0.15) is 58.8 Å². The number of fused-ring (bicyclic) bond motifs is 5. The number of carbonyl (C=O) groups excluding carboxylic acids is 3. The second-order valence-electron chi connectivity index (χ2n) is 10.2. The minimum absolute atomic E-state index is 0.0233.